The van der Waals surface area contributed by atoms with Crippen LogP contribution in [0.25, 0.3) is 0 Å². The lowest BCUT2D eigenvalue weighted by atomic mass is 10.1. The van der Waals surface area contributed by atoms with Gasteiger partial charge < -0.3 is 24.3 Å². The van der Waals surface area contributed by atoms with E-state index in [1.165, 1.54) is 0 Å². The average molecular weight is 441 g/mol. The zero-order valence-corrected chi connectivity index (χ0v) is 18.5. The zero-order valence-electron chi connectivity index (χ0n) is 18.5. The Morgan fingerprint density at radius 1 is 0.781 bits per heavy atom. The molecule has 1 amide bonds. The van der Waals surface area contributed by atoms with Gasteiger partial charge in [-0.3, -0.25) is 14.4 Å². The van der Waals surface area contributed by atoms with Crippen molar-refractivity contribution >= 4 is 28.9 Å². The van der Waals surface area contributed by atoms with Gasteiger partial charge in [0.1, 0.15) is 11.4 Å². The number of carbonyl (C=O) groups excluding carboxylic acids is 2. The maximum atomic E-state index is 12.4. The number of hydrogen-bond acceptors (Lipinski definition) is 8. The number of ketones is 1. The third kappa shape index (κ3) is 4.06. The molecule has 0 atom stereocenters. The molecule has 0 spiro atoms. The van der Waals surface area contributed by atoms with Crippen LogP contribution in [0.2, 0.25) is 0 Å². The lowest BCUT2D eigenvalue weighted by Crippen LogP contribution is -2.56. The normalized spacial score (nSPS) is 17.1. The number of carbonyl (C=O) groups is 2. The number of amides is 1. The molecule has 9 nitrogen and oxygen atoms in total. The molecule has 2 aliphatic heterocycles. The van der Waals surface area contributed by atoms with Crippen LogP contribution in [-0.4, -0.2) is 75.7 Å². The van der Waals surface area contributed by atoms with E-state index in [2.05, 4.69) is 4.90 Å². The zero-order chi connectivity index (χ0) is 22.8. The Hall–Kier alpha value is -3.36. The Kier molecular flexibility index (Phi) is 6.16. The van der Waals surface area contributed by atoms with E-state index in [9.17, 15) is 19.2 Å². The molecule has 2 saturated heterocycles. The molecule has 32 heavy (non-hydrogen) atoms. The van der Waals surface area contributed by atoms with Crippen LogP contribution in [0.4, 0.5) is 21.9 Å². The van der Waals surface area contributed by atoms with E-state index in [1.54, 1.807) is 18.7 Å². The van der Waals surface area contributed by atoms with Crippen molar-refractivity contribution in [2.75, 3.05) is 73.7 Å². The number of rotatable bonds is 5. The summed E-state index contributed by atoms with van der Waals surface area (Å²) in [5.41, 5.74) is 1.85. The Morgan fingerprint density at radius 2 is 1.25 bits per heavy atom. The van der Waals surface area contributed by atoms with Crippen LogP contribution < -0.4 is 25.6 Å². The molecule has 0 saturated carbocycles. The third-order valence-electron chi connectivity index (χ3n) is 6.22. The van der Waals surface area contributed by atoms with Crippen molar-refractivity contribution in [2.24, 2.45) is 0 Å². The summed E-state index contributed by atoms with van der Waals surface area (Å²) in [5, 5.41) is 0. The monoisotopic (exact) mass is 440 g/mol. The molecule has 0 N–H and O–H groups in total. The summed E-state index contributed by atoms with van der Waals surface area (Å²) < 4.78 is 5.04. The first-order valence-corrected chi connectivity index (χ1v) is 11.0. The van der Waals surface area contributed by atoms with Gasteiger partial charge in [0.2, 0.25) is 0 Å². The number of nitrogens with zero attached hydrogens (tertiary/aromatic N) is 4. The van der Waals surface area contributed by atoms with Crippen LogP contribution in [0.3, 0.4) is 0 Å². The minimum absolute atomic E-state index is 0.0390. The van der Waals surface area contributed by atoms with E-state index in [4.69, 9.17) is 4.74 Å². The fourth-order valence-electron chi connectivity index (χ4n) is 4.38. The largest absolute Gasteiger partial charge is 0.450 e. The second kappa shape index (κ2) is 9.02. The Morgan fingerprint density at radius 3 is 1.72 bits per heavy atom. The highest BCUT2D eigenvalue weighted by atomic mass is 16.6. The van der Waals surface area contributed by atoms with Gasteiger partial charge in [-0.1, -0.05) is 0 Å². The van der Waals surface area contributed by atoms with Gasteiger partial charge in [0, 0.05) is 63.6 Å². The van der Waals surface area contributed by atoms with Crippen molar-refractivity contribution in [3.05, 3.63) is 50.3 Å². The number of benzene rings is 1. The molecule has 0 unspecified atom stereocenters. The van der Waals surface area contributed by atoms with Gasteiger partial charge in [0.15, 0.2) is 5.78 Å². The van der Waals surface area contributed by atoms with Crippen LogP contribution in [0.5, 0.6) is 0 Å². The van der Waals surface area contributed by atoms with Gasteiger partial charge in [-0.15, -0.1) is 0 Å². The number of ether oxygens (including phenoxy) is 1. The van der Waals surface area contributed by atoms with E-state index in [1.807, 2.05) is 34.1 Å². The van der Waals surface area contributed by atoms with E-state index >= 15 is 0 Å². The molecule has 170 valence electrons. The predicted molar refractivity (Wildman–Crippen MR) is 123 cm³/mol. The molecule has 2 heterocycles. The van der Waals surface area contributed by atoms with Gasteiger partial charge in [-0.25, -0.2) is 4.79 Å². The molecule has 4 rings (SSSR count). The quantitative estimate of drug-likeness (QED) is 0.504. The summed E-state index contributed by atoms with van der Waals surface area (Å²) in [6, 6.07) is 7.54. The predicted octanol–water partition coefficient (Wildman–Crippen LogP) is 1.09. The molecule has 2 aromatic rings. The lowest BCUT2D eigenvalue weighted by molar-refractivity contribution is 0.101. The van der Waals surface area contributed by atoms with Crippen molar-refractivity contribution in [3.8, 4) is 0 Å². The number of hydrogen-bond donors (Lipinski definition) is 0. The SMILES string of the molecule is CCOC(=O)N1CCN(c2c(N3CCN(c4ccc(C(C)=O)cc4)CC3)c(=O)c2=O)CC1. The minimum atomic E-state index is -0.438. The molecular weight excluding hydrogens is 412 g/mol. The molecule has 2 fully saturated rings. The molecule has 9 heteroatoms. The first kappa shape index (κ1) is 21.9. The second-order valence-corrected chi connectivity index (χ2v) is 8.11. The van der Waals surface area contributed by atoms with E-state index < -0.39 is 10.9 Å². The Bertz CT molecular complexity index is 1060. The first-order chi connectivity index (χ1) is 15.4. The topological polar surface area (TPSA) is 90.5 Å². The van der Waals surface area contributed by atoms with Gasteiger partial charge in [-0.05, 0) is 38.1 Å². The van der Waals surface area contributed by atoms with Gasteiger partial charge in [-0.2, -0.15) is 0 Å². The maximum Gasteiger partial charge on any atom is 0.409 e. The summed E-state index contributed by atoms with van der Waals surface area (Å²) in [6.45, 7) is 8.26. The first-order valence-electron chi connectivity index (χ1n) is 11.0. The van der Waals surface area contributed by atoms with Crippen LogP contribution in [0.1, 0.15) is 24.2 Å². The highest BCUT2D eigenvalue weighted by Gasteiger charge is 2.33. The van der Waals surface area contributed by atoms with Gasteiger partial charge in [0.25, 0.3) is 10.9 Å². The van der Waals surface area contributed by atoms with Gasteiger partial charge in [0.05, 0.1) is 6.61 Å². The molecule has 2 aliphatic rings. The minimum Gasteiger partial charge on any atom is -0.450 e. The Balaban J connectivity index is 1.39. The van der Waals surface area contributed by atoms with Crippen molar-refractivity contribution in [3.63, 3.8) is 0 Å². The molecule has 0 aromatic heterocycles. The van der Waals surface area contributed by atoms with Crippen molar-refractivity contribution < 1.29 is 14.3 Å². The van der Waals surface area contributed by atoms with Crippen LogP contribution in [0.15, 0.2) is 33.9 Å². The van der Waals surface area contributed by atoms with E-state index in [-0.39, 0.29) is 11.9 Å². The number of piperazine rings is 2. The molecule has 0 bridgehead atoms. The maximum absolute atomic E-state index is 12.4. The van der Waals surface area contributed by atoms with Crippen LogP contribution >= 0.6 is 0 Å². The van der Waals surface area contributed by atoms with Crippen molar-refractivity contribution in [1.82, 2.24) is 4.90 Å². The number of Topliss-reactive ketones (excluding diaryl/α,β-unsaturated/α-hetero) is 1. The molecule has 2 aromatic carbocycles. The van der Waals surface area contributed by atoms with Gasteiger partial charge >= 0.3 is 6.09 Å². The standard InChI is InChI=1S/C23H28N4O5/c1-3-32-23(31)27-14-12-26(13-15-27)20-19(21(29)22(20)30)25-10-8-24(9-11-25)18-6-4-17(5-7-18)16(2)28/h4-7H,3,8-15H2,1-2H3. The summed E-state index contributed by atoms with van der Waals surface area (Å²) in [4.78, 5) is 55.9. The van der Waals surface area contributed by atoms with E-state index in [0.717, 1.165) is 5.69 Å². The van der Waals surface area contributed by atoms with Crippen LogP contribution in [-0.2, 0) is 4.74 Å². The lowest BCUT2D eigenvalue weighted by Gasteiger charge is -2.41. The van der Waals surface area contributed by atoms with Crippen molar-refractivity contribution in [1.29, 1.82) is 0 Å². The van der Waals surface area contributed by atoms with E-state index in [0.29, 0.717) is 75.9 Å². The summed E-state index contributed by atoms with van der Waals surface area (Å²) in [5.74, 6) is 0.0390. The van der Waals surface area contributed by atoms with Crippen molar-refractivity contribution in [2.45, 2.75) is 13.8 Å². The van der Waals surface area contributed by atoms with Crippen LogP contribution in [0, 0.1) is 0 Å². The summed E-state index contributed by atoms with van der Waals surface area (Å²) >= 11 is 0. The second-order valence-electron chi connectivity index (χ2n) is 8.11. The smallest absolute Gasteiger partial charge is 0.409 e. The number of anilines is 3. The molecule has 0 radical (unpaired) electrons. The molecule has 0 aliphatic carbocycles. The Labute approximate surface area is 186 Å². The molecular formula is C23H28N4O5. The highest BCUT2D eigenvalue weighted by Crippen LogP contribution is 2.27. The highest BCUT2D eigenvalue weighted by molar-refractivity contribution is 5.94. The average Bonchev–Trinajstić information content (AvgIpc) is 2.82. The fourth-order valence-corrected chi connectivity index (χ4v) is 4.38. The summed E-state index contributed by atoms with van der Waals surface area (Å²) in [7, 11) is 0. The third-order valence-corrected chi connectivity index (χ3v) is 6.22. The fraction of sp³-hybridized carbons (Fsp3) is 0.478. The summed E-state index contributed by atoms with van der Waals surface area (Å²) in [6.07, 6.45) is -0.343.